The Bertz CT molecular complexity index is 306. The fraction of sp³-hybridized carbons (Fsp3) is 0.600. The van der Waals surface area contributed by atoms with Gasteiger partial charge in [-0.1, -0.05) is 44.2 Å². The third kappa shape index (κ3) is 4.88. The van der Waals surface area contributed by atoms with E-state index in [4.69, 9.17) is 5.73 Å². The molecule has 0 bridgehead atoms. The Morgan fingerprint density at radius 3 is 2.12 bits per heavy atom. The highest BCUT2D eigenvalue weighted by Crippen LogP contribution is 2.10. The maximum absolute atomic E-state index is 6.17. The van der Waals surface area contributed by atoms with Gasteiger partial charge in [0.25, 0.3) is 0 Å². The van der Waals surface area contributed by atoms with E-state index in [1.165, 1.54) is 5.56 Å². The Balaban J connectivity index is 2.61. The number of nitrogens with zero attached hydrogens (tertiary/aromatic N) is 1. The van der Waals surface area contributed by atoms with Crippen LogP contribution in [0.4, 0.5) is 0 Å². The van der Waals surface area contributed by atoms with Crippen molar-refractivity contribution in [3.8, 4) is 0 Å². The van der Waals surface area contributed by atoms with Crippen LogP contribution in [-0.2, 0) is 6.54 Å². The lowest BCUT2D eigenvalue weighted by Gasteiger charge is -2.30. The molecule has 1 unspecified atom stereocenters. The van der Waals surface area contributed by atoms with Gasteiger partial charge < -0.3 is 5.73 Å². The van der Waals surface area contributed by atoms with Crippen molar-refractivity contribution < 1.29 is 0 Å². The number of nitrogens with two attached hydrogens (primary N) is 1. The van der Waals surface area contributed by atoms with Gasteiger partial charge in [-0.3, -0.25) is 4.90 Å². The average Bonchev–Trinajstić information content (AvgIpc) is 2.29. The van der Waals surface area contributed by atoms with Gasteiger partial charge in [0, 0.05) is 25.2 Å². The fourth-order valence-electron chi connectivity index (χ4n) is 1.76. The van der Waals surface area contributed by atoms with Crippen molar-refractivity contribution in [2.75, 3.05) is 6.54 Å². The van der Waals surface area contributed by atoms with Crippen LogP contribution in [-0.4, -0.2) is 23.5 Å². The lowest BCUT2D eigenvalue weighted by molar-refractivity contribution is 0.186. The molecule has 17 heavy (non-hydrogen) atoms. The van der Waals surface area contributed by atoms with Crippen LogP contribution in [0, 0.1) is 5.92 Å². The molecule has 2 heteroatoms. The maximum Gasteiger partial charge on any atom is 0.0237 e. The van der Waals surface area contributed by atoms with E-state index in [0.29, 0.717) is 12.0 Å². The molecule has 0 aliphatic heterocycles. The maximum atomic E-state index is 6.17. The van der Waals surface area contributed by atoms with E-state index in [1.54, 1.807) is 0 Å². The Labute approximate surface area is 106 Å². The molecule has 0 spiro atoms. The lowest BCUT2D eigenvalue weighted by Crippen LogP contribution is -2.43. The van der Waals surface area contributed by atoms with Crippen molar-refractivity contribution in [1.29, 1.82) is 0 Å². The van der Waals surface area contributed by atoms with Gasteiger partial charge in [0.2, 0.25) is 0 Å². The summed E-state index contributed by atoms with van der Waals surface area (Å²) < 4.78 is 0. The highest BCUT2D eigenvalue weighted by molar-refractivity contribution is 5.14. The summed E-state index contributed by atoms with van der Waals surface area (Å²) in [5, 5.41) is 0. The second-order valence-corrected chi connectivity index (χ2v) is 5.42. The molecular weight excluding hydrogens is 208 g/mol. The SMILES string of the molecule is CC(C)C(N)CN(Cc1ccccc1)C(C)C. The molecule has 0 fully saturated rings. The summed E-state index contributed by atoms with van der Waals surface area (Å²) in [6, 6.07) is 11.4. The molecule has 0 aliphatic rings. The van der Waals surface area contributed by atoms with Crippen molar-refractivity contribution in [2.45, 2.75) is 46.3 Å². The summed E-state index contributed by atoms with van der Waals surface area (Å²) in [6.07, 6.45) is 0. The summed E-state index contributed by atoms with van der Waals surface area (Å²) in [5.41, 5.74) is 7.53. The van der Waals surface area contributed by atoms with Crippen molar-refractivity contribution in [3.05, 3.63) is 35.9 Å². The van der Waals surface area contributed by atoms with Gasteiger partial charge in [-0.25, -0.2) is 0 Å². The third-order valence-electron chi connectivity index (χ3n) is 3.26. The molecule has 0 aromatic heterocycles. The Kier molecular flexibility index (Phi) is 5.66. The summed E-state index contributed by atoms with van der Waals surface area (Å²) >= 11 is 0. The number of hydrogen-bond acceptors (Lipinski definition) is 2. The first-order valence-electron chi connectivity index (χ1n) is 6.54. The van der Waals surface area contributed by atoms with E-state index in [9.17, 15) is 0 Å². The van der Waals surface area contributed by atoms with Crippen LogP contribution in [0.25, 0.3) is 0 Å². The standard InChI is InChI=1S/C15H26N2/c1-12(2)15(16)11-17(13(3)4)10-14-8-6-5-7-9-14/h5-9,12-13,15H,10-11,16H2,1-4H3. The van der Waals surface area contributed by atoms with Gasteiger partial charge in [-0.15, -0.1) is 0 Å². The molecule has 0 aliphatic carbocycles. The van der Waals surface area contributed by atoms with Crippen LogP contribution in [0.3, 0.4) is 0 Å². The van der Waals surface area contributed by atoms with Gasteiger partial charge in [0.05, 0.1) is 0 Å². The highest BCUT2D eigenvalue weighted by Gasteiger charge is 2.16. The zero-order valence-electron chi connectivity index (χ0n) is 11.6. The zero-order valence-corrected chi connectivity index (χ0v) is 11.6. The molecule has 1 atom stereocenters. The van der Waals surface area contributed by atoms with Gasteiger partial charge in [0.15, 0.2) is 0 Å². The topological polar surface area (TPSA) is 29.3 Å². The monoisotopic (exact) mass is 234 g/mol. The Morgan fingerprint density at radius 1 is 1.06 bits per heavy atom. The quantitative estimate of drug-likeness (QED) is 0.820. The molecule has 0 radical (unpaired) electrons. The van der Waals surface area contributed by atoms with Crippen LogP contribution in [0.15, 0.2) is 30.3 Å². The van der Waals surface area contributed by atoms with E-state index in [2.05, 4.69) is 62.9 Å². The summed E-state index contributed by atoms with van der Waals surface area (Å²) in [7, 11) is 0. The van der Waals surface area contributed by atoms with Crippen LogP contribution in [0.5, 0.6) is 0 Å². The summed E-state index contributed by atoms with van der Waals surface area (Å²) in [6.45, 7) is 10.8. The van der Waals surface area contributed by atoms with E-state index >= 15 is 0 Å². The first-order valence-corrected chi connectivity index (χ1v) is 6.54. The van der Waals surface area contributed by atoms with E-state index < -0.39 is 0 Å². The summed E-state index contributed by atoms with van der Waals surface area (Å²) in [5.74, 6) is 0.534. The number of rotatable bonds is 6. The fourth-order valence-corrected chi connectivity index (χ4v) is 1.76. The lowest BCUT2D eigenvalue weighted by atomic mass is 10.0. The van der Waals surface area contributed by atoms with Crippen molar-refractivity contribution in [3.63, 3.8) is 0 Å². The molecule has 1 aromatic carbocycles. The minimum atomic E-state index is 0.251. The molecule has 1 aromatic rings. The molecule has 2 N–H and O–H groups in total. The first-order chi connectivity index (χ1) is 8.00. The minimum absolute atomic E-state index is 0.251. The van der Waals surface area contributed by atoms with E-state index in [-0.39, 0.29) is 6.04 Å². The first kappa shape index (κ1) is 14.2. The van der Waals surface area contributed by atoms with E-state index in [1.807, 2.05) is 0 Å². The minimum Gasteiger partial charge on any atom is -0.326 e. The second-order valence-electron chi connectivity index (χ2n) is 5.42. The molecule has 1 rings (SSSR count). The normalized spacial score (nSPS) is 13.6. The van der Waals surface area contributed by atoms with Gasteiger partial charge in [-0.05, 0) is 25.3 Å². The summed E-state index contributed by atoms with van der Waals surface area (Å²) in [4.78, 5) is 2.44. The Morgan fingerprint density at radius 2 is 1.65 bits per heavy atom. The average molecular weight is 234 g/mol. The molecule has 0 heterocycles. The smallest absolute Gasteiger partial charge is 0.0237 e. The molecule has 0 saturated carbocycles. The van der Waals surface area contributed by atoms with Gasteiger partial charge >= 0.3 is 0 Å². The molecule has 96 valence electrons. The zero-order chi connectivity index (χ0) is 12.8. The molecule has 0 amide bonds. The predicted octanol–water partition coefficient (Wildman–Crippen LogP) is 2.88. The molecular formula is C15H26N2. The van der Waals surface area contributed by atoms with Crippen LogP contribution >= 0.6 is 0 Å². The van der Waals surface area contributed by atoms with Crippen LogP contribution in [0.1, 0.15) is 33.3 Å². The van der Waals surface area contributed by atoms with Crippen molar-refractivity contribution in [1.82, 2.24) is 4.90 Å². The van der Waals surface area contributed by atoms with Gasteiger partial charge in [0.1, 0.15) is 0 Å². The molecule has 0 saturated heterocycles. The van der Waals surface area contributed by atoms with E-state index in [0.717, 1.165) is 13.1 Å². The predicted molar refractivity (Wildman–Crippen MR) is 74.8 cm³/mol. The number of hydrogen-bond donors (Lipinski definition) is 1. The van der Waals surface area contributed by atoms with Crippen LogP contribution < -0.4 is 5.73 Å². The van der Waals surface area contributed by atoms with Crippen molar-refractivity contribution >= 4 is 0 Å². The Hall–Kier alpha value is -0.860. The molecule has 2 nitrogen and oxygen atoms in total. The third-order valence-corrected chi connectivity index (χ3v) is 3.26. The van der Waals surface area contributed by atoms with Crippen molar-refractivity contribution in [2.24, 2.45) is 11.7 Å². The van der Waals surface area contributed by atoms with Gasteiger partial charge in [-0.2, -0.15) is 0 Å². The number of benzene rings is 1. The largest absolute Gasteiger partial charge is 0.326 e. The second kappa shape index (κ2) is 6.77. The van der Waals surface area contributed by atoms with Crippen LogP contribution in [0.2, 0.25) is 0 Å². The highest BCUT2D eigenvalue weighted by atomic mass is 15.2.